The molecule has 1 atom stereocenters. The third-order valence-corrected chi connectivity index (χ3v) is 3.34. The van der Waals surface area contributed by atoms with E-state index in [-0.39, 0.29) is 18.1 Å². The van der Waals surface area contributed by atoms with Crippen molar-refractivity contribution in [2.45, 2.75) is 38.8 Å². The van der Waals surface area contributed by atoms with E-state index in [1.54, 1.807) is 0 Å². The van der Waals surface area contributed by atoms with E-state index in [0.29, 0.717) is 13.2 Å². The number of ether oxygens (including phenoxy) is 2. The maximum atomic E-state index is 11.9. The summed E-state index contributed by atoms with van der Waals surface area (Å²) in [6.45, 7) is 7.51. The summed E-state index contributed by atoms with van der Waals surface area (Å²) in [5.41, 5.74) is 0. The van der Waals surface area contributed by atoms with Crippen LogP contribution in [0.2, 0.25) is 0 Å². The van der Waals surface area contributed by atoms with Crippen LogP contribution in [0.15, 0.2) is 0 Å². The van der Waals surface area contributed by atoms with Gasteiger partial charge < -0.3 is 19.7 Å². The Bertz CT molecular complexity index is 240. The lowest BCUT2D eigenvalue weighted by Crippen LogP contribution is -2.48. The molecule has 0 bridgehead atoms. The molecule has 5 heteroatoms. The average Bonchev–Trinajstić information content (AvgIpc) is 2.42. The van der Waals surface area contributed by atoms with Crippen LogP contribution in [0.5, 0.6) is 0 Å². The molecule has 1 amide bonds. The highest BCUT2D eigenvalue weighted by Crippen LogP contribution is 2.14. The largest absolute Gasteiger partial charge is 0.379 e. The molecule has 0 aromatic rings. The van der Waals surface area contributed by atoms with Gasteiger partial charge in [0.2, 0.25) is 5.91 Å². The molecule has 1 heterocycles. The monoisotopic (exact) mass is 258 g/mol. The van der Waals surface area contributed by atoms with Crippen LogP contribution in [-0.4, -0.2) is 62.9 Å². The fraction of sp³-hybridized carbons (Fsp3) is 0.923. The van der Waals surface area contributed by atoms with Gasteiger partial charge in [-0.1, -0.05) is 0 Å². The lowest BCUT2D eigenvalue weighted by molar-refractivity contribution is -0.135. The number of carbonyl (C=O) groups excluding carboxylic acids is 1. The van der Waals surface area contributed by atoms with Crippen LogP contribution in [0.1, 0.15) is 26.7 Å². The van der Waals surface area contributed by atoms with Crippen LogP contribution in [0.3, 0.4) is 0 Å². The molecule has 1 aliphatic heterocycles. The molecule has 0 spiro atoms. The molecule has 1 saturated heterocycles. The van der Waals surface area contributed by atoms with Crippen LogP contribution >= 0.6 is 0 Å². The van der Waals surface area contributed by atoms with Crippen LogP contribution in [0.25, 0.3) is 0 Å². The van der Waals surface area contributed by atoms with E-state index in [9.17, 15) is 4.79 Å². The topological polar surface area (TPSA) is 50.8 Å². The fourth-order valence-electron chi connectivity index (χ4n) is 2.06. The number of rotatable bonds is 7. The van der Waals surface area contributed by atoms with Gasteiger partial charge in [0.15, 0.2) is 0 Å². The molecular weight excluding hydrogens is 232 g/mol. The van der Waals surface area contributed by atoms with Gasteiger partial charge in [-0.05, 0) is 33.7 Å². The zero-order valence-electron chi connectivity index (χ0n) is 11.8. The molecule has 0 aliphatic carbocycles. The first-order valence-corrected chi connectivity index (χ1v) is 6.84. The van der Waals surface area contributed by atoms with E-state index in [1.165, 1.54) is 0 Å². The van der Waals surface area contributed by atoms with Gasteiger partial charge in [0.25, 0.3) is 0 Å². The SMILES string of the molecule is CCOCCOC1CCN(C(=O)C(C)NC)CC1. The van der Waals surface area contributed by atoms with Gasteiger partial charge in [0.05, 0.1) is 25.4 Å². The van der Waals surface area contributed by atoms with E-state index in [2.05, 4.69) is 5.32 Å². The highest BCUT2D eigenvalue weighted by atomic mass is 16.5. The Hall–Kier alpha value is -0.650. The lowest BCUT2D eigenvalue weighted by atomic mass is 10.1. The highest BCUT2D eigenvalue weighted by molar-refractivity contribution is 5.81. The van der Waals surface area contributed by atoms with Crippen LogP contribution in [-0.2, 0) is 14.3 Å². The molecule has 1 fully saturated rings. The van der Waals surface area contributed by atoms with Crippen molar-refractivity contribution in [1.29, 1.82) is 0 Å². The van der Waals surface area contributed by atoms with E-state index in [1.807, 2.05) is 25.8 Å². The van der Waals surface area contributed by atoms with Crippen molar-refractivity contribution in [1.82, 2.24) is 10.2 Å². The van der Waals surface area contributed by atoms with Crippen molar-refractivity contribution in [2.75, 3.05) is 40.0 Å². The summed E-state index contributed by atoms with van der Waals surface area (Å²) in [7, 11) is 1.81. The number of nitrogens with one attached hydrogen (secondary N) is 1. The first-order chi connectivity index (χ1) is 8.69. The minimum Gasteiger partial charge on any atom is -0.379 e. The number of carbonyl (C=O) groups is 1. The molecule has 0 aromatic carbocycles. The summed E-state index contributed by atoms with van der Waals surface area (Å²) in [6, 6.07) is -0.0968. The van der Waals surface area contributed by atoms with E-state index >= 15 is 0 Å². The fourth-order valence-corrected chi connectivity index (χ4v) is 2.06. The number of likely N-dealkylation sites (tertiary alicyclic amines) is 1. The molecule has 1 rings (SSSR count). The Morgan fingerprint density at radius 1 is 1.39 bits per heavy atom. The van der Waals surface area contributed by atoms with Crippen molar-refractivity contribution in [3.63, 3.8) is 0 Å². The number of amides is 1. The summed E-state index contributed by atoms with van der Waals surface area (Å²) in [4.78, 5) is 13.9. The maximum Gasteiger partial charge on any atom is 0.239 e. The molecule has 106 valence electrons. The number of nitrogens with zero attached hydrogens (tertiary/aromatic N) is 1. The maximum absolute atomic E-state index is 11.9. The van der Waals surface area contributed by atoms with Gasteiger partial charge in [0, 0.05) is 19.7 Å². The first kappa shape index (κ1) is 15.4. The lowest BCUT2D eigenvalue weighted by Gasteiger charge is -2.33. The summed E-state index contributed by atoms with van der Waals surface area (Å²) in [5.74, 6) is 0.185. The second-order valence-electron chi connectivity index (χ2n) is 4.60. The Balaban J connectivity index is 2.18. The summed E-state index contributed by atoms with van der Waals surface area (Å²) >= 11 is 0. The minimum atomic E-state index is -0.0968. The Labute approximate surface area is 110 Å². The molecule has 1 N–H and O–H groups in total. The molecule has 5 nitrogen and oxygen atoms in total. The molecule has 1 aliphatic rings. The Morgan fingerprint density at radius 3 is 2.61 bits per heavy atom. The van der Waals surface area contributed by atoms with Crippen molar-refractivity contribution in [3.05, 3.63) is 0 Å². The molecule has 0 saturated carbocycles. The van der Waals surface area contributed by atoms with Crippen molar-refractivity contribution in [2.24, 2.45) is 0 Å². The van der Waals surface area contributed by atoms with Crippen molar-refractivity contribution < 1.29 is 14.3 Å². The highest BCUT2D eigenvalue weighted by Gasteiger charge is 2.25. The van der Waals surface area contributed by atoms with Crippen molar-refractivity contribution in [3.8, 4) is 0 Å². The predicted octanol–water partition coefficient (Wildman–Crippen LogP) is 0.638. The van der Waals surface area contributed by atoms with Gasteiger partial charge in [0.1, 0.15) is 0 Å². The molecule has 0 aromatic heterocycles. The van der Waals surface area contributed by atoms with Crippen LogP contribution in [0.4, 0.5) is 0 Å². The normalized spacial score (nSPS) is 18.9. The predicted molar refractivity (Wildman–Crippen MR) is 70.6 cm³/mol. The Kier molecular flexibility index (Phi) is 7.23. The molecular formula is C13H26N2O3. The first-order valence-electron chi connectivity index (χ1n) is 6.84. The number of likely N-dealkylation sites (N-methyl/N-ethyl adjacent to an activating group) is 1. The Morgan fingerprint density at radius 2 is 2.06 bits per heavy atom. The quantitative estimate of drug-likeness (QED) is 0.681. The van der Waals surface area contributed by atoms with Gasteiger partial charge in [-0.25, -0.2) is 0 Å². The van der Waals surface area contributed by atoms with Crippen molar-refractivity contribution >= 4 is 5.91 Å². The zero-order chi connectivity index (χ0) is 13.4. The molecule has 0 radical (unpaired) electrons. The zero-order valence-corrected chi connectivity index (χ0v) is 11.8. The number of piperidine rings is 1. The molecule has 18 heavy (non-hydrogen) atoms. The summed E-state index contributed by atoms with van der Waals surface area (Å²) < 4.78 is 11.0. The van der Waals surface area contributed by atoms with Gasteiger partial charge in [-0.2, -0.15) is 0 Å². The number of hydrogen-bond donors (Lipinski definition) is 1. The summed E-state index contributed by atoms with van der Waals surface area (Å²) in [6.07, 6.45) is 2.13. The summed E-state index contributed by atoms with van der Waals surface area (Å²) in [5, 5.41) is 2.98. The van der Waals surface area contributed by atoms with Gasteiger partial charge in [-0.15, -0.1) is 0 Å². The number of hydrogen-bond acceptors (Lipinski definition) is 4. The smallest absolute Gasteiger partial charge is 0.239 e. The minimum absolute atomic E-state index is 0.0968. The van der Waals surface area contributed by atoms with Crippen LogP contribution < -0.4 is 5.32 Å². The molecule has 1 unspecified atom stereocenters. The third-order valence-electron chi connectivity index (χ3n) is 3.34. The average molecular weight is 258 g/mol. The van der Waals surface area contributed by atoms with Crippen LogP contribution in [0, 0.1) is 0 Å². The van der Waals surface area contributed by atoms with E-state index in [4.69, 9.17) is 9.47 Å². The standard InChI is InChI=1S/C13H26N2O3/c1-4-17-9-10-18-12-5-7-15(8-6-12)13(16)11(2)14-3/h11-12,14H,4-10H2,1-3H3. The second-order valence-corrected chi connectivity index (χ2v) is 4.60. The third kappa shape index (κ3) is 4.92. The second kappa shape index (κ2) is 8.45. The van der Waals surface area contributed by atoms with E-state index < -0.39 is 0 Å². The van der Waals surface area contributed by atoms with Gasteiger partial charge >= 0.3 is 0 Å². The van der Waals surface area contributed by atoms with E-state index in [0.717, 1.165) is 32.5 Å². The van der Waals surface area contributed by atoms with Gasteiger partial charge in [-0.3, -0.25) is 4.79 Å².